The number of benzene rings is 1. The minimum Gasteiger partial charge on any atom is -0.396 e. The molecule has 0 radical (unpaired) electrons. The van der Waals surface area contributed by atoms with Crippen LogP contribution in [0, 0.1) is 0 Å². The topological polar surface area (TPSA) is 62.2 Å². The van der Waals surface area contributed by atoms with E-state index in [0.717, 1.165) is 10.0 Å². The quantitative estimate of drug-likeness (QED) is 0.910. The molecular weight excluding hydrogens is 308 g/mol. The van der Waals surface area contributed by atoms with Crippen molar-refractivity contribution in [3.8, 4) is 0 Å². The molecular formula is C14H13BrN2O2. The third kappa shape index (κ3) is 3.87. The number of nitrogens with one attached hydrogen (secondary N) is 1. The first-order chi connectivity index (χ1) is 9.19. The van der Waals surface area contributed by atoms with Crippen molar-refractivity contribution >= 4 is 27.5 Å². The first kappa shape index (κ1) is 13.7. The number of hydrogen-bond donors (Lipinski definition) is 2. The number of aliphatic hydroxyl groups is 1. The van der Waals surface area contributed by atoms with Gasteiger partial charge in [-0.25, -0.2) is 4.98 Å². The molecule has 19 heavy (non-hydrogen) atoms. The number of hydrogen-bond acceptors (Lipinski definition) is 3. The summed E-state index contributed by atoms with van der Waals surface area (Å²) in [5.74, 6) is -0.248. The molecule has 1 aromatic heterocycles. The summed E-state index contributed by atoms with van der Waals surface area (Å²) < 4.78 is 0.831. The second-order valence-electron chi connectivity index (χ2n) is 3.99. The third-order valence-corrected chi connectivity index (χ3v) is 3.04. The Morgan fingerprint density at radius 1 is 1.21 bits per heavy atom. The Morgan fingerprint density at radius 3 is 2.53 bits per heavy atom. The van der Waals surface area contributed by atoms with Gasteiger partial charge in [-0.05, 0) is 52.2 Å². The monoisotopic (exact) mass is 320 g/mol. The minimum atomic E-state index is -0.248. The van der Waals surface area contributed by atoms with Gasteiger partial charge in [-0.3, -0.25) is 4.79 Å². The smallest absolute Gasteiger partial charge is 0.274 e. The third-order valence-electron chi connectivity index (χ3n) is 2.57. The molecule has 0 aliphatic heterocycles. The van der Waals surface area contributed by atoms with Gasteiger partial charge in [0.2, 0.25) is 0 Å². The van der Waals surface area contributed by atoms with E-state index in [1.165, 1.54) is 0 Å². The number of anilines is 1. The molecule has 4 nitrogen and oxygen atoms in total. The predicted octanol–water partition coefficient (Wildman–Crippen LogP) is 2.63. The van der Waals surface area contributed by atoms with E-state index in [1.807, 2.05) is 24.3 Å². The molecule has 5 heteroatoms. The summed E-state index contributed by atoms with van der Waals surface area (Å²) in [4.78, 5) is 15.9. The molecule has 2 aromatic rings. The Morgan fingerprint density at radius 2 is 1.95 bits per heavy atom. The molecule has 0 atom stereocenters. The van der Waals surface area contributed by atoms with E-state index in [-0.39, 0.29) is 12.5 Å². The van der Waals surface area contributed by atoms with Gasteiger partial charge in [0, 0.05) is 23.0 Å². The molecule has 0 bridgehead atoms. The molecule has 1 aromatic carbocycles. The van der Waals surface area contributed by atoms with Gasteiger partial charge in [-0.1, -0.05) is 12.1 Å². The largest absolute Gasteiger partial charge is 0.396 e. The second-order valence-corrected chi connectivity index (χ2v) is 4.90. The van der Waals surface area contributed by atoms with E-state index < -0.39 is 0 Å². The van der Waals surface area contributed by atoms with Crippen LogP contribution in [0.3, 0.4) is 0 Å². The summed E-state index contributed by atoms with van der Waals surface area (Å²) in [5.41, 5.74) is 2.10. The molecule has 98 valence electrons. The number of nitrogens with zero attached hydrogens (tertiary/aromatic N) is 1. The maximum atomic E-state index is 11.9. The number of halogens is 1. The first-order valence-corrected chi connectivity index (χ1v) is 6.61. The fourth-order valence-electron chi connectivity index (χ4n) is 1.59. The lowest BCUT2D eigenvalue weighted by molar-refractivity contribution is 0.102. The van der Waals surface area contributed by atoms with Crippen molar-refractivity contribution in [2.45, 2.75) is 6.42 Å². The molecule has 0 aliphatic rings. The fourth-order valence-corrected chi connectivity index (χ4v) is 1.82. The molecule has 1 amide bonds. The van der Waals surface area contributed by atoms with Crippen LogP contribution in [0.4, 0.5) is 5.69 Å². The summed E-state index contributed by atoms with van der Waals surface area (Å²) in [6.07, 6.45) is 2.20. The van der Waals surface area contributed by atoms with E-state index in [2.05, 4.69) is 26.2 Å². The predicted molar refractivity (Wildman–Crippen MR) is 77.1 cm³/mol. The molecule has 0 unspecified atom stereocenters. The standard InChI is InChI=1S/C14H13BrN2O2/c15-11-3-6-13(16-9-11)14(19)17-12-4-1-10(2-5-12)7-8-18/h1-6,9,18H,7-8H2,(H,17,19). The normalized spacial score (nSPS) is 10.2. The molecule has 0 spiro atoms. The van der Waals surface area contributed by atoms with Gasteiger partial charge in [-0.15, -0.1) is 0 Å². The molecule has 0 aliphatic carbocycles. The lowest BCUT2D eigenvalue weighted by Crippen LogP contribution is -2.13. The van der Waals surface area contributed by atoms with Crippen molar-refractivity contribution in [2.75, 3.05) is 11.9 Å². The van der Waals surface area contributed by atoms with Crippen LogP contribution in [0.1, 0.15) is 16.1 Å². The van der Waals surface area contributed by atoms with Crippen LogP contribution < -0.4 is 5.32 Å². The highest BCUT2D eigenvalue weighted by Crippen LogP contribution is 2.12. The summed E-state index contributed by atoms with van der Waals surface area (Å²) in [5, 5.41) is 11.6. The van der Waals surface area contributed by atoms with Crippen LogP contribution in [0.5, 0.6) is 0 Å². The van der Waals surface area contributed by atoms with Gasteiger partial charge in [0.15, 0.2) is 0 Å². The highest BCUT2D eigenvalue weighted by atomic mass is 79.9. The number of amides is 1. The lowest BCUT2D eigenvalue weighted by Gasteiger charge is -2.05. The number of rotatable bonds is 4. The molecule has 0 saturated carbocycles. The van der Waals surface area contributed by atoms with Crippen LogP contribution in [-0.2, 0) is 6.42 Å². The SMILES string of the molecule is O=C(Nc1ccc(CCO)cc1)c1ccc(Br)cn1. The second kappa shape index (κ2) is 6.45. The first-order valence-electron chi connectivity index (χ1n) is 5.82. The molecule has 2 rings (SSSR count). The van der Waals surface area contributed by atoms with Crippen LogP contribution in [0.15, 0.2) is 47.1 Å². The molecule has 0 fully saturated rings. The van der Waals surface area contributed by atoms with Crippen LogP contribution in [0.25, 0.3) is 0 Å². The van der Waals surface area contributed by atoms with Crippen molar-refractivity contribution < 1.29 is 9.90 Å². The molecule has 2 N–H and O–H groups in total. The minimum absolute atomic E-state index is 0.120. The molecule has 0 saturated heterocycles. The summed E-state index contributed by atoms with van der Waals surface area (Å²) in [6, 6.07) is 10.8. The van der Waals surface area contributed by atoms with Gasteiger partial charge < -0.3 is 10.4 Å². The zero-order chi connectivity index (χ0) is 13.7. The number of aromatic nitrogens is 1. The average molecular weight is 321 g/mol. The van der Waals surface area contributed by atoms with Gasteiger partial charge >= 0.3 is 0 Å². The van der Waals surface area contributed by atoms with Crippen molar-refractivity contribution in [2.24, 2.45) is 0 Å². The van der Waals surface area contributed by atoms with E-state index in [0.29, 0.717) is 17.8 Å². The maximum absolute atomic E-state index is 11.9. The number of carbonyl (C=O) groups excluding carboxylic acids is 1. The Kier molecular flexibility index (Phi) is 4.65. The highest BCUT2D eigenvalue weighted by Gasteiger charge is 2.07. The van der Waals surface area contributed by atoms with E-state index in [9.17, 15) is 4.79 Å². The maximum Gasteiger partial charge on any atom is 0.274 e. The highest BCUT2D eigenvalue weighted by molar-refractivity contribution is 9.10. The number of aliphatic hydroxyl groups excluding tert-OH is 1. The van der Waals surface area contributed by atoms with Crippen molar-refractivity contribution in [1.82, 2.24) is 4.98 Å². The van der Waals surface area contributed by atoms with Gasteiger partial charge in [0.25, 0.3) is 5.91 Å². The van der Waals surface area contributed by atoms with E-state index in [1.54, 1.807) is 18.3 Å². The van der Waals surface area contributed by atoms with Gasteiger partial charge in [0.1, 0.15) is 5.69 Å². The van der Waals surface area contributed by atoms with Gasteiger partial charge in [-0.2, -0.15) is 0 Å². The zero-order valence-corrected chi connectivity index (χ0v) is 11.7. The Labute approximate surface area is 119 Å². The van der Waals surface area contributed by atoms with E-state index >= 15 is 0 Å². The van der Waals surface area contributed by atoms with Gasteiger partial charge in [0.05, 0.1) is 0 Å². The summed E-state index contributed by atoms with van der Waals surface area (Å²) in [7, 11) is 0. The zero-order valence-electron chi connectivity index (χ0n) is 10.1. The summed E-state index contributed by atoms with van der Waals surface area (Å²) >= 11 is 3.27. The fraction of sp³-hybridized carbons (Fsp3) is 0.143. The van der Waals surface area contributed by atoms with Crippen LogP contribution in [0.2, 0.25) is 0 Å². The van der Waals surface area contributed by atoms with Crippen LogP contribution in [-0.4, -0.2) is 22.6 Å². The van der Waals surface area contributed by atoms with E-state index in [4.69, 9.17) is 5.11 Å². The van der Waals surface area contributed by atoms with Crippen molar-refractivity contribution in [1.29, 1.82) is 0 Å². The Hall–Kier alpha value is -1.72. The number of carbonyl (C=O) groups is 1. The average Bonchev–Trinajstić information content (AvgIpc) is 2.42. The van der Waals surface area contributed by atoms with Crippen molar-refractivity contribution in [3.05, 3.63) is 58.3 Å². The Balaban J connectivity index is 2.04. The number of pyridine rings is 1. The Bertz CT molecular complexity index is 553. The van der Waals surface area contributed by atoms with Crippen molar-refractivity contribution in [3.63, 3.8) is 0 Å². The lowest BCUT2D eigenvalue weighted by atomic mass is 10.1. The molecule has 1 heterocycles. The van der Waals surface area contributed by atoms with Crippen LogP contribution >= 0.6 is 15.9 Å². The summed E-state index contributed by atoms with van der Waals surface area (Å²) in [6.45, 7) is 0.120.